The average Bonchev–Trinajstić information content (AvgIpc) is 3.20. The number of hydrogen-bond donors (Lipinski definition) is 2. The first-order valence-corrected chi connectivity index (χ1v) is 9.98. The molecule has 0 atom stereocenters. The van der Waals surface area contributed by atoms with Crippen LogP contribution in [-0.4, -0.2) is 32.6 Å². The van der Waals surface area contributed by atoms with E-state index in [1.165, 1.54) is 12.1 Å². The smallest absolute Gasteiger partial charge is 0.261 e. The molecule has 0 bridgehead atoms. The first kappa shape index (κ1) is 17.6. The summed E-state index contributed by atoms with van der Waals surface area (Å²) in [6.07, 6.45) is 2.14. The van der Waals surface area contributed by atoms with Crippen LogP contribution in [0, 0.1) is 0 Å². The van der Waals surface area contributed by atoms with Crippen molar-refractivity contribution in [3.8, 4) is 0 Å². The first-order chi connectivity index (χ1) is 13.0. The summed E-state index contributed by atoms with van der Waals surface area (Å²) in [6, 6.07) is 12.0. The van der Waals surface area contributed by atoms with E-state index in [-0.39, 0.29) is 17.2 Å². The second kappa shape index (κ2) is 6.71. The predicted octanol–water partition coefficient (Wildman–Crippen LogP) is 2.58. The zero-order valence-electron chi connectivity index (χ0n) is 14.7. The summed E-state index contributed by atoms with van der Waals surface area (Å²) < 4.78 is 35.3. The molecular formula is C19H19N3O4S. The van der Waals surface area contributed by atoms with E-state index in [9.17, 15) is 13.2 Å². The van der Waals surface area contributed by atoms with Crippen molar-refractivity contribution in [1.29, 1.82) is 0 Å². The molecule has 2 N–H and O–H groups in total. The number of fused-ring (bicyclic) bond motifs is 2. The topological polar surface area (TPSA) is 89.4 Å². The van der Waals surface area contributed by atoms with Crippen LogP contribution in [0.5, 0.6) is 0 Å². The van der Waals surface area contributed by atoms with Crippen molar-refractivity contribution in [3.63, 3.8) is 0 Å². The van der Waals surface area contributed by atoms with Gasteiger partial charge in [0.15, 0.2) is 0 Å². The van der Waals surface area contributed by atoms with Crippen molar-refractivity contribution in [2.45, 2.75) is 17.9 Å². The summed E-state index contributed by atoms with van der Waals surface area (Å²) in [6.45, 7) is 1.25. The summed E-state index contributed by atoms with van der Waals surface area (Å²) in [5.41, 5.74) is 2.76. The number of anilines is 2. The van der Waals surface area contributed by atoms with E-state index >= 15 is 0 Å². The number of amides is 1. The van der Waals surface area contributed by atoms with Gasteiger partial charge in [-0.05, 0) is 47.3 Å². The number of methoxy groups -OCH3 is 1. The van der Waals surface area contributed by atoms with Crippen LogP contribution < -0.4 is 10.0 Å². The van der Waals surface area contributed by atoms with E-state index in [2.05, 4.69) is 10.0 Å². The molecule has 2 heterocycles. The molecule has 140 valence electrons. The number of hydrogen-bond acceptors (Lipinski definition) is 4. The second-order valence-electron chi connectivity index (χ2n) is 6.42. The number of nitrogens with zero attached hydrogens (tertiary/aromatic N) is 1. The summed E-state index contributed by atoms with van der Waals surface area (Å²) in [5.74, 6) is -0.130. The lowest BCUT2D eigenvalue weighted by atomic mass is 10.2. The normalized spacial score (nSPS) is 13.6. The summed E-state index contributed by atoms with van der Waals surface area (Å²) in [5, 5.41) is 3.72. The van der Waals surface area contributed by atoms with Crippen LogP contribution in [0.3, 0.4) is 0 Å². The third-order valence-electron chi connectivity index (χ3n) is 4.57. The maximum absolute atomic E-state index is 12.8. The van der Waals surface area contributed by atoms with E-state index in [1.54, 1.807) is 25.3 Å². The maximum Gasteiger partial charge on any atom is 0.261 e. The van der Waals surface area contributed by atoms with Crippen LogP contribution in [0.4, 0.5) is 11.4 Å². The van der Waals surface area contributed by atoms with Crippen molar-refractivity contribution in [3.05, 3.63) is 54.2 Å². The monoisotopic (exact) mass is 385 g/mol. The molecule has 3 aromatic rings. The molecule has 0 saturated carbocycles. The zero-order valence-corrected chi connectivity index (χ0v) is 15.5. The fraction of sp³-hybridized carbons (Fsp3) is 0.211. The Kier molecular flexibility index (Phi) is 4.37. The van der Waals surface area contributed by atoms with E-state index in [0.29, 0.717) is 30.1 Å². The van der Waals surface area contributed by atoms with Gasteiger partial charge >= 0.3 is 0 Å². The molecule has 4 rings (SSSR count). The van der Waals surface area contributed by atoms with E-state index in [0.717, 1.165) is 10.9 Å². The van der Waals surface area contributed by atoms with Crippen molar-refractivity contribution in [2.24, 2.45) is 0 Å². The number of carbonyl (C=O) groups excluding carboxylic acids is 1. The molecule has 2 aromatic carbocycles. The Balaban J connectivity index is 1.63. The Morgan fingerprint density at radius 2 is 2.04 bits per heavy atom. The molecule has 8 heteroatoms. The number of rotatable bonds is 6. The molecule has 7 nitrogen and oxygen atoms in total. The van der Waals surface area contributed by atoms with Gasteiger partial charge in [-0.25, -0.2) is 8.42 Å². The lowest BCUT2D eigenvalue weighted by Gasteiger charge is -2.11. The van der Waals surface area contributed by atoms with E-state index < -0.39 is 10.0 Å². The van der Waals surface area contributed by atoms with Gasteiger partial charge in [-0.1, -0.05) is 6.07 Å². The largest absolute Gasteiger partial charge is 0.383 e. The molecule has 1 aliphatic rings. The highest BCUT2D eigenvalue weighted by molar-refractivity contribution is 7.92. The summed E-state index contributed by atoms with van der Waals surface area (Å²) >= 11 is 0. The first-order valence-electron chi connectivity index (χ1n) is 8.50. The average molecular weight is 385 g/mol. The molecular weight excluding hydrogens is 366 g/mol. The lowest BCUT2D eigenvalue weighted by molar-refractivity contribution is -0.115. The van der Waals surface area contributed by atoms with Gasteiger partial charge in [0.1, 0.15) is 0 Å². The molecule has 1 amide bonds. The standard InChI is InChI=1S/C19H19N3O4S/c1-26-9-8-22-7-6-13-2-3-15(12-18(13)22)21-27(24,25)16-4-5-17-14(10-16)11-19(23)20-17/h2-7,10,12,21H,8-9,11H2,1H3,(H,20,23). The van der Waals surface area contributed by atoms with E-state index in [4.69, 9.17) is 4.74 Å². The molecule has 27 heavy (non-hydrogen) atoms. The molecule has 0 fully saturated rings. The molecule has 0 unspecified atom stereocenters. The van der Waals surface area contributed by atoms with Gasteiger partial charge in [0.25, 0.3) is 10.0 Å². The van der Waals surface area contributed by atoms with Crippen molar-refractivity contribution < 1.29 is 17.9 Å². The number of carbonyl (C=O) groups is 1. The minimum atomic E-state index is -3.76. The number of benzene rings is 2. The van der Waals surface area contributed by atoms with Gasteiger partial charge in [-0.15, -0.1) is 0 Å². The molecule has 0 aliphatic carbocycles. The quantitative estimate of drug-likeness (QED) is 0.683. The lowest BCUT2D eigenvalue weighted by Crippen LogP contribution is -2.13. The van der Waals surface area contributed by atoms with Gasteiger partial charge in [0.05, 0.1) is 29.1 Å². The minimum Gasteiger partial charge on any atom is -0.383 e. The Hall–Kier alpha value is -2.84. The molecule has 0 spiro atoms. The van der Waals surface area contributed by atoms with Crippen LogP contribution in [-0.2, 0) is 32.5 Å². The Morgan fingerprint density at radius 1 is 1.19 bits per heavy atom. The third kappa shape index (κ3) is 3.41. The Morgan fingerprint density at radius 3 is 2.85 bits per heavy atom. The van der Waals surface area contributed by atoms with Crippen LogP contribution >= 0.6 is 0 Å². The zero-order chi connectivity index (χ0) is 19.0. The van der Waals surface area contributed by atoms with Gasteiger partial charge in [0, 0.05) is 25.5 Å². The summed E-state index contributed by atoms with van der Waals surface area (Å²) in [4.78, 5) is 11.6. The third-order valence-corrected chi connectivity index (χ3v) is 5.95. The van der Waals surface area contributed by atoms with Gasteiger partial charge < -0.3 is 14.6 Å². The van der Waals surface area contributed by atoms with Crippen LogP contribution in [0.15, 0.2) is 53.6 Å². The fourth-order valence-corrected chi connectivity index (χ4v) is 4.32. The number of ether oxygens (including phenoxy) is 1. The molecule has 1 aromatic heterocycles. The molecule has 0 radical (unpaired) electrons. The number of aromatic nitrogens is 1. The maximum atomic E-state index is 12.8. The summed E-state index contributed by atoms with van der Waals surface area (Å²) in [7, 11) is -2.11. The highest BCUT2D eigenvalue weighted by Crippen LogP contribution is 2.28. The van der Waals surface area contributed by atoms with Crippen molar-refractivity contribution in [1.82, 2.24) is 4.57 Å². The number of nitrogens with one attached hydrogen (secondary N) is 2. The van der Waals surface area contributed by atoms with Crippen molar-refractivity contribution in [2.75, 3.05) is 23.8 Å². The highest BCUT2D eigenvalue weighted by Gasteiger charge is 2.22. The Bertz CT molecular complexity index is 1140. The van der Waals surface area contributed by atoms with Gasteiger partial charge in [-0.3, -0.25) is 9.52 Å². The molecule has 0 saturated heterocycles. The number of sulfonamides is 1. The molecule has 1 aliphatic heterocycles. The van der Waals surface area contributed by atoms with Crippen LogP contribution in [0.1, 0.15) is 5.56 Å². The van der Waals surface area contributed by atoms with E-state index in [1.807, 2.05) is 22.9 Å². The minimum absolute atomic E-state index is 0.130. The SMILES string of the molecule is COCCn1ccc2ccc(NS(=O)(=O)c3ccc4c(c3)CC(=O)N4)cc21. The van der Waals surface area contributed by atoms with Gasteiger partial charge in [0.2, 0.25) is 5.91 Å². The highest BCUT2D eigenvalue weighted by atomic mass is 32.2. The second-order valence-corrected chi connectivity index (χ2v) is 8.11. The predicted molar refractivity (Wildman–Crippen MR) is 103 cm³/mol. The van der Waals surface area contributed by atoms with Gasteiger partial charge in [-0.2, -0.15) is 0 Å². The Labute approximate surface area is 157 Å². The van der Waals surface area contributed by atoms with Crippen LogP contribution in [0.2, 0.25) is 0 Å². The van der Waals surface area contributed by atoms with Crippen molar-refractivity contribution >= 4 is 38.2 Å². The van der Waals surface area contributed by atoms with Crippen LogP contribution in [0.25, 0.3) is 10.9 Å². The fourth-order valence-electron chi connectivity index (χ4n) is 3.22.